The molecule has 7 heteroatoms. The highest BCUT2D eigenvalue weighted by Gasteiger charge is 2.15. The topological polar surface area (TPSA) is 94.1 Å². The van der Waals surface area contributed by atoms with Crippen molar-refractivity contribution < 1.29 is 23.9 Å². The largest absolute Gasteiger partial charge is 0.423 e. The van der Waals surface area contributed by atoms with Gasteiger partial charge in [0.25, 0.3) is 0 Å². The molecule has 0 aliphatic carbocycles. The van der Waals surface area contributed by atoms with Crippen molar-refractivity contribution in [2.75, 3.05) is 0 Å². The van der Waals surface area contributed by atoms with Crippen LogP contribution in [0.1, 0.15) is 31.8 Å². The van der Waals surface area contributed by atoms with E-state index in [0.29, 0.717) is 16.7 Å². The van der Waals surface area contributed by atoms with Gasteiger partial charge in [-0.25, -0.2) is 15.0 Å². The molecule has 0 heterocycles. The summed E-state index contributed by atoms with van der Waals surface area (Å²) in [5, 5.41) is 6.12. The van der Waals surface area contributed by atoms with E-state index >= 15 is 0 Å². The van der Waals surface area contributed by atoms with Crippen LogP contribution in [0.5, 0.6) is 11.5 Å². The average Bonchev–Trinajstić information content (AvgIpc) is 2.99. The van der Waals surface area contributed by atoms with Crippen LogP contribution in [0.3, 0.4) is 0 Å². The number of hydrogen-bond donors (Lipinski definition) is 1. The van der Waals surface area contributed by atoms with Gasteiger partial charge in [0.1, 0.15) is 11.5 Å². The molecule has 196 valence electrons. The molecular formula is C33H24N2O5. The number of hydrazone groups is 1. The summed E-state index contributed by atoms with van der Waals surface area (Å²) in [6, 6.07) is 35.3. The predicted octanol–water partition coefficient (Wildman–Crippen LogP) is 5.97. The summed E-state index contributed by atoms with van der Waals surface area (Å²) in [4.78, 5) is 37.9. The van der Waals surface area contributed by atoms with Crippen LogP contribution in [-0.2, 0) is 11.2 Å². The lowest BCUT2D eigenvalue weighted by molar-refractivity contribution is -0.120. The maximum absolute atomic E-state index is 12.8. The SMILES string of the molecule is O=C(Cc1cccc2ccccc12)N/N=C/c1ccc(OC(=O)c2ccccc2)cc1OC(=O)c1ccccc1. The van der Waals surface area contributed by atoms with E-state index in [9.17, 15) is 14.4 Å². The summed E-state index contributed by atoms with van der Waals surface area (Å²) in [7, 11) is 0. The Bertz CT molecular complexity index is 1690. The molecule has 5 aromatic rings. The molecule has 5 rings (SSSR count). The fourth-order valence-electron chi connectivity index (χ4n) is 4.08. The van der Waals surface area contributed by atoms with E-state index in [0.717, 1.165) is 16.3 Å². The highest BCUT2D eigenvalue weighted by molar-refractivity contribution is 5.95. The van der Waals surface area contributed by atoms with E-state index in [1.807, 2.05) is 42.5 Å². The van der Waals surface area contributed by atoms with Crippen molar-refractivity contribution in [1.29, 1.82) is 0 Å². The zero-order valence-electron chi connectivity index (χ0n) is 21.3. The highest BCUT2D eigenvalue weighted by atomic mass is 16.5. The molecule has 1 N–H and O–H groups in total. The summed E-state index contributed by atoms with van der Waals surface area (Å²) in [6.45, 7) is 0. The van der Waals surface area contributed by atoms with Crippen LogP contribution >= 0.6 is 0 Å². The first-order valence-corrected chi connectivity index (χ1v) is 12.5. The lowest BCUT2D eigenvalue weighted by Gasteiger charge is -2.11. The minimum absolute atomic E-state index is 0.110. The molecule has 0 aliphatic rings. The smallest absolute Gasteiger partial charge is 0.343 e. The van der Waals surface area contributed by atoms with Crippen molar-refractivity contribution in [3.63, 3.8) is 0 Å². The van der Waals surface area contributed by atoms with E-state index in [1.54, 1.807) is 72.8 Å². The van der Waals surface area contributed by atoms with Crippen LogP contribution in [-0.4, -0.2) is 24.1 Å². The monoisotopic (exact) mass is 528 g/mol. The third-order valence-corrected chi connectivity index (χ3v) is 6.04. The molecule has 0 aromatic heterocycles. The number of carbonyl (C=O) groups is 3. The molecule has 0 unspecified atom stereocenters. The number of amides is 1. The number of rotatable bonds is 8. The molecular weight excluding hydrogens is 504 g/mol. The average molecular weight is 529 g/mol. The molecule has 5 aromatic carbocycles. The van der Waals surface area contributed by atoms with Gasteiger partial charge in [0, 0.05) is 11.6 Å². The zero-order chi connectivity index (χ0) is 27.7. The van der Waals surface area contributed by atoms with Crippen molar-refractivity contribution in [1.82, 2.24) is 5.43 Å². The summed E-state index contributed by atoms with van der Waals surface area (Å²) in [6.07, 6.45) is 1.51. The molecule has 0 radical (unpaired) electrons. The van der Waals surface area contributed by atoms with Crippen molar-refractivity contribution in [3.05, 3.63) is 144 Å². The predicted molar refractivity (Wildman–Crippen MR) is 153 cm³/mol. The maximum atomic E-state index is 12.8. The second-order valence-corrected chi connectivity index (χ2v) is 8.82. The van der Waals surface area contributed by atoms with Gasteiger partial charge in [-0.2, -0.15) is 5.10 Å². The quantitative estimate of drug-likeness (QED) is 0.116. The molecule has 7 nitrogen and oxygen atoms in total. The summed E-state index contributed by atoms with van der Waals surface area (Å²) in [5.41, 5.74) is 4.54. The normalized spacial score (nSPS) is 10.8. The van der Waals surface area contributed by atoms with Crippen LogP contribution < -0.4 is 14.9 Å². The van der Waals surface area contributed by atoms with Gasteiger partial charge in [-0.1, -0.05) is 78.9 Å². The minimum atomic E-state index is -0.596. The van der Waals surface area contributed by atoms with Gasteiger partial charge >= 0.3 is 11.9 Å². The Morgan fingerprint density at radius 2 is 1.30 bits per heavy atom. The van der Waals surface area contributed by atoms with Crippen molar-refractivity contribution in [2.24, 2.45) is 5.10 Å². The van der Waals surface area contributed by atoms with E-state index in [-0.39, 0.29) is 23.8 Å². The molecule has 40 heavy (non-hydrogen) atoms. The van der Waals surface area contributed by atoms with Gasteiger partial charge in [-0.3, -0.25) is 4.79 Å². The standard InChI is InChI=1S/C33H24N2O5/c36-31(20-26-16-9-15-23-10-7-8-17-29(23)26)35-34-22-27-18-19-28(39-32(37)24-11-3-1-4-12-24)21-30(27)40-33(38)25-13-5-2-6-14-25/h1-19,21-22H,20H2,(H,35,36)/b34-22+. The molecule has 0 atom stereocenters. The first-order chi connectivity index (χ1) is 19.6. The Kier molecular flexibility index (Phi) is 8.03. The number of carbonyl (C=O) groups excluding carboxylic acids is 3. The maximum Gasteiger partial charge on any atom is 0.343 e. The van der Waals surface area contributed by atoms with Gasteiger partial charge in [-0.05, 0) is 52.7 Å². The third-order valence-electron chi connectivity index (χ3n) is 6.04. The number of ether oxygens (including phenoxy) is 2. The van der Waals surface area contributed by atoms with Crippen molar-refractivity contribution in [3.8, 4) is 11.5 Å². The molecule has 0 fully saturated rings. The summed E-state index contributed by atoms with van der Waals surface area (Å²) in [5.74, 6) is -1.16. The van der Waals surface area contributed by atoms with Crippen LogP contribution in [0.2, 0.25) is 0 Å². The summed E-state index contributed by atoms with van der Waals surface area (Å²) >= 11 is 0. The van der Waals surface area contributed by atoms with E-state index in [4.69, 9.17) is 9.47 Å². The Morgan fingerprint density at radius 1 is 0.675 bits per heavy atom. The second-order valence-electron chi connectivity index (χ2n) is 8.82. The number of hydrogen-bond acceptors (Lipinski definition) is 6. The Labute approximate surface area is 230 Å². The van der Waals surface area contributed by atoms with Crippen molar-refractivity contribution >= 4 is 34.8 Å². The summed E-state index contributed by atoms with van der Waals surface area (Å²) < 4.78 is 11.1. The number of benzene rings is 5. The van der Waals surface area contributed by atoms with Crippen LogP contribution in [0, 0.1) is 0 Å². The van der Waals surface area contributed by atoms with Gasteiger partial charge in [-0.15, -0.1) is 0 Å². The van der Waals surface area contributed by atoms with E-state index in [2.05, 4.69) is 10.5 Å². The molecule has 0 saturated heterocycles. The van der Waals surface area contributed by atoms with Crippen LogP contribution in [0.25, 0.3) is 10.8 Å². The minimum Gasteiger partial charge on any atom is -0.423 e. The number of nitrogens with one attached hydrogen (secondary N) is 1. The first-order valence-electron chi connectivity index (χ1n) is 12.5. The van der Waals surface area contributed by atoms with E-state index in [1.165, 1.54) is 12.3 Å². The highest BCUT2D eigenvalue weighted by Crippen LogP contribution is 2.26. The van der Waals surface area contributed by atoms with Crippen LogP contribution in [0.15, 0.2) is 126 Å². The Balaban J connectivity index is 1.33. The van der Waals surface area contributed by atoms with Gasteiger partial charge in [0.2, 0.25) is 5.91 Å². The van der Waals surface area contributed by atoms with Crippen LogP contribution in [0.4, 0.5) is 0 Å². The third kappa shape index (κ3) is 6.46. The Hall–Kier alpha value is -5.56. The van der Waals surface area contributed by atoms with E-state index < -0.39 is 11.9 Å². The molecule has 0 aliphatic heterocycles. The van der Waals surface area contributed by atoms with Gasteiger partial charge < -0.3 is 9.47 Å². The van der Waals surface area contributed by atoms with Crippen molar-refractivity contribution in [2.45, 2.75) is 6.42 Å². The number of fused-ring (bicyclic) bond motifs is 1. The lowest BCUT2D eigenvalue weighted by Crippen LogP contribution is -2.20. The first kappa shape index (κ1) is 26.1. The fraction of sp³-hybridized carbons (Fsp3) is 0.0303. The second kappa shape index (κ2) is 12.3. The molecule has 1 amide bonds. The zero-order valence-corrected chi connectivity index (χ0v) is 21.3. The number of nitrogens with zero attached hydrogens (tertiary/aromatic N) is 1. The fourth-order valence-corrected chi connectivity index (χ4v) is 4.08. The Morgan fingerprint density at radius 3 is 2.02 bits per heavy atom. The number of esters is 2. The molecule has 0 saturated carbocycles. The van der Waals surface area contributed by atoms with Gasteiger partial charge in [0.15, 0.2) is 0 Å². The molecule has 0 spiro atoms. The van der Waals surface area contributed by atoms with Gasteiger partial charge in [0.05, 0.1) is 23.8 Å². The molecule has 0 bridgehead atoms. The lowest BCUT2D eigenvalue weighted by atomic mass is 10.0.